The lowest BCUT2D eigenvalue weighted by atomic mass is 10.2. The summed E-state index contributed by atoms with van der Waals surface area (Å²) >= 11 is 0. The largest absolute Gasteiger partial charge is 0.477 e. The van der Waals surface area contributed by atoms with Crippen LogP contribution in [0, 0.1) is 11.6 Å². The number of halogens is 2. The predicted molar refractivity (Wildman–Crippen MR) is 78.6 cm³/mol. The van der Waals surface area contributed by atoms with Gasteiger partial charge in [-0.3, -0.25) is 9.36 Å². The van der Waals surface area contributed by atoms with Gasteiger partial charge < -0.3 is 14.6 Å². The number of carbonyl (C=O) groups is 1. The van der Waals surface area contributed by atoms with E-state index in [0.717, 1.165) is 22.9 Å². The van der Waals surface area contributed by atoms with Crippen molar-refractivity contribution in [2.24, 2.45) is 0 Å². The second-order valence-electron chi connectivity index (χ2n) is 4.78. The van der Waals surface area contributed by atoms with Gasteiger partial charge in [-0.15, -0.1) is 0 Å². The van der Waals surface area contributed by atoms with Crippen molar-refractivity contribution in [2.45, 2.75) is 12.8 Å². The fraction of sp³-hybridized carbons (Fsp3) is 0.267. The molecule has 0 aliphatic heterocycles. The molecule has 24 heavy (non-hydrogen) atoms. The van der Waals surface area contributed by atoms with E-state index in [-0.39, 0.29) is 17.9 Å². The number of rotatable bonds is 6. The molecule has 0 radical (unpaired) electrons. The molecule has 0 unspecified atom stereocenters. The molecule has 1 aromatic heterocycles. The van der Waals surface area contributed by atoms with Crippen LogP contribution in [0.2, 0.25) is 0 Å². The van der Waals surface area contributed by atoms with E-state index in [0.29, 0.717) is 6.07 Å². The van der Waals surface area contributed by atoms with Gasteiger partial charge in [0.2, 0.25) is 0 Å². The summed E-state index contributed by atoms with van der Waals surface area (Å²) in [5.41, 5.74) is -1.50. The van der Waals surface area contributed by atoms with Crippen LogP contribution >= 0.6 is 0 Å². The zero-order valence-corrected chi connectivity index (χ0v) is 12.8. The maximum Gasteiger partial charge on any atom is 0.342 e. The van der Waals surface area contributed by atoms with Gasteiger partial charge >= 0.3 is 5.97 Å². The van der Waals surface area contributed by atoms with Crippen molar-refractivity contribution in [3.8, 4) is 11.4 Å². The number of hydrogen-bond donors (Lipinski definition) is 1. The number of aromatic nitrogens is 2. The summed E-state index contributed by atoms with van der Waals surface area (Å²) in [6.45, 7) is -0.215. The third-order valence-electron chi connectivity index (χ3n) is 3.26. The highest BCUT2D eigenvalue weighted by molar-refractivity contribution is 5.86. The van der Waals surface area contributed by atoms with Crippen LogP contribution in [0.5, 0.6) is 0 Å². The number of aromatic carboxylic acids is 1. The molecule has 0 aliphatic carbocycles. The minimum absolute atomic E-state index is 0.0208. The average Bonchev–Trinajstić information content (AvgIpc) is 2.52. The Morgan fingerprint density at radius 1 is 1.25 bits per heavy atom. The van der Waals surface area contributed by atoms with E-state index in [9.17, 15) is 18.4 Å². The van der Waals surface area contributed by atoms with Crippen molar-refractivity contribution in [1.29, 1.82) is 0 Å². The van der Waals surface area contributed by atoms with Gasteiger partial charge in [-0.05, 0) is 12.1 Å². The molecule has 0 amide bonds. The molecule has 1 aromatic carbocycles. The van der Waals surface area contributed by atoms with E-state index in [2.05, 4.69) is 4.98 Å². The molecule has 0 bridgehead atoms. The molecule has 0 atom stereocenters. The molecule has 1 heterocycles. The van der Waals surface area contributed by atoms with E-state index in [1.54, 1.807) is 0 Å². The number of carboxylic acid groups (broad SMARTS) is 1. The molecule has 1 N–H and O–H groups in total. The summed E-state index contributed by atoms with van der Waals surface area (Å²) < 4.78 is 37.8. The van der Waals surface area contributed by atoms with Crippen LogP contribution in [-0.4, -0.2) is 41.1 Å². The molecule has 0 saturated heterocycles. The van der Waals surface area contributed by atoms with E-state index in [4.69, 9.17) is 14.6 Å². The van der Waals surface area contributed by atoms with E-state index in [1.807, 2.05) is 0 Å². The molecular weight excluding hydrogens is 326 g/mol. The quantitative estimate of drug-likeness (QED) is 0.802. The van der Waals surface area contributed by atoms with Gasteiger partial charge in [-0.1, -0.05) is 0 Å². The van der Waals surface area contributed by atoms with Gasteiger partial charge in [0.15, 0.2) is 6.29 Å². The minimum Gasteiger partial charge on any atom is -0.477 e. The molecule has 0 spiro atoms. The smallest absolute Gasteiger partial charge is 0.342 e. The number of hydrogen-bond acceptors (Lipinski definition) is 5. The monoisotopic (exact) mass is 340 g/mol. The lowest BCUT2D eigenvalue weighted by Gasteiger charge is -2.18. The van der Waals surface area contributed by atoms with Crippen LogP contribution in [0.25, 0.3) is 11.4 Å². The lowest BCUT2D eigenvalue weighted by Crippen LogP contribution is -2.33. The number of nitrogens with zero attached hydrogens (tertiary/aromatic N) is 2. The summed E-state index contributed by atoms with van der Waals surface area (Å²) in [6, 6.07) is 2.64. The Balaban J connectivity index is 2.68. The zero-order valence-electron chi connectivity index (χ0n) is 12.8. The van der Waals surface area contributed by atoms with Gasteiger partial charge in [0.05, 0.1) is 6.54 Å². The van der Waals surface area contributed by atoms with Crippen molar-refractivity contribution in [1.82, 2.24) is 9.55 Å². The Labute approximate surface area is 135 Å². The second-order valence-corrected chi connectivity index (χ2v) is 4.78. The standard InChI is InChI=1S/C15H14F2N2O5/c1-23-12(24-2)7-19-13(8-3-9(16)5-10(17)4-8)18-6-11(14(19)20)15(21)22/h3-6,12H,7H2,1-2H3,(H,21,22). The summed E-state index contributed by atoms with van der Waals surface area (Å²) in [5, 5.41) is 9.05. The van der Waals surface area contributed by atoms with Crippen molar-refractivity contribution in [3.05, 3.63) is 51.9 Å². The summed E-state index contributed by atoms with van der Waals surface area (Å²) in [6.07, 6.45) is -0.0424. The van der Waals surface area contributed by atoms with Gasteiger partial charge in [0.25, 0.3) is 5.56 Å². The van der Waals surface area contributed by atoms with Crippen molar-refractivity contribution < 1.29 is 28.2 Å². The van der Waals surface area contributed by atoms with Gasteiger partial charge in [0.1, 0.15) is 23.0 Å². The lowest BCUT2D eigenvalue weighted by molar-refractivity contribution is -0.111. The van der Waals surface area contributed by atoms with Crippen LogP contribution in [0.3, 0.4) is 0 Å². The Hall–Kier alpha value is -2.65. The number of ether oxygens (including phenoxy) is 2. The fourth-order valence-corrected chi connectivity index (χ4v) is 2.12. The van der Waals surface area contributed by atoms with Crippen LogP contribution in [0.1, 0.15) is 10.4 Å². The third kappa shape index (κ3) is 3.63. The Kier molecular flexibility index (Phi) is 5.37. The van der Waals surface area contributed by atoms with Crippen molar-refractivity contribution >= 4 is 5.97 Å². The van der Waals surface area contributed by atoms with Crippen LogP contribution in [-0.2, 0) is 16.0 Å². The van der Waals surface area contributed by atoms with Gasteiger partial charge in [-0.25, -0.2) is 18.6 Å². The SMILES string of the molecule is COC(Cn1c(-c2cc(F)cc(F)c2)ncc(C(=O)O)c1=O)OC. The highest BCUT2D eigenvalue weighted by atomic mass is 19.1. The summed E-state index contributed by atoms with van der Waals surface area (Å²) in [7, 11) is 2.66. The topological polar surface area (TPSA) is 90.7 Å². The Bertz CT molecular complexity index is 798. The molecular formula is C15H14F2N2O5. The minimum atomic E-state index is -1.47. The summed E-state index contributed by atoms with van der Waals surface area (Å²) in [4.78, 5) is 27.4. The predicted octanol–water partition coefficient (Wildman–Crippen LogP) is 1.51. The van der Waals surface area contributed by atoms with Gasteiger partial charge in [-0.2, -0.15) is 0 Å². The molecule has 9 heteroatoms. The number of carboxylic acids is 1. The van der Waals surface area contributed by atoms with E-state index in [1.165, 1.54) is 14.2 Å². The first-order valence-corrected chi connectivity index (χ1v) is 6.72. The molecule has 0 fully saturated rings. The van der Waals surface area contributed by atoms with Crippen LogP contribution in [0.15, 0.2) is 29.2 Å². The molecule has 128 valence electrons. The molecule has 0 aliphatic rings. The maximum absolute atomic E-state index is 13.4. The van der Waals surface area contributed by atoms with E-state index >= 15 is 0 Å². The summed E-state index contributed by atoms with van der Waals surface area (Å²) in [5.74, 6) is -3.29. The molecule has 2 aromatic rings. The molecule has 0 saturated carbocycles. The van der Waals surface area contributed by atoms with Crippen LogP contribution < -0.4 is 5.56 Å². The zero-order chi connectivity index (χ0) is 17.9. The molecule has 7 nitrogen and oxygen atoms in total. The van der Waals surface area contributed by atoms with E-state index < -0.39 is 35.0 Å². The number of benzene rings is 1. The third-order valence-corrected chi connectivity index (χ3v) is 3.26. The van der Waals surface area contributed by atoms with Crippen molar-refractivity contribution in [2.75, 3.05) is 14.2 Å². The first-order valence-electron chi connectivity index (χ1n) is 6.72. The highest BCUT2D eigenvalue weighted by Gasteiger charge is 2.20. The normalized spacial score (nSPS) is 11.0. The second kappa shape index (κ2) is 7.28. The van der Waals surface area contributed by atoms with Crippen LogP contribution in [0.4, 0.5) is 8.78 Å². The maximum atomic E-state index is 13.4. The number of methoxy groups -OCH3 is 2. The first-order chi connectivity index (χ1) is 11.4. The Morgan fingerprint density at radius 3 is 2.33 bits per heavy atom. The van der Waals surface area contributed by atoms with Crippen molar-refractivity contribution in [3.63, 3.8) is 0 Å². The first kappa shape index (κ1) is 17.7. The Morgan fingerprint density at radius 2 is 1.83 bits per heavy atom. The average molecular weight is 340 g/mol. The fourth-order valence-electron chi connectivity index (χ4n) is 2.12. The highest BCUT2D eigenvalue weighted by Crippen LogP contribution is 2.19. The van der Waals surface area contributed by atoms with Gasteiger partial charge in [0, 0.05) is 32.0 Å². The molecule has 2 rings (SSSR count).